The summed E-state index contributed by atoms with van der Waals surface area (Å²) in [5.41, 5.74) is 2.34. The summed E-state index contributed by atoms with van der Waals surface area (Å²) in [6.45, 7) is 2.62. The predicted molar refractivity (Wildman–Crippen MR) is 74.4 cm³/mol. The fourth-order valence-corrected chi connectivity index (χ4v) is 2.81. The lowest BCUT2D eigenvalue weighted by Crippen LogP contribution is -2.22. The van der Waals surface area contributed by atoms with Crippen molar-refractivity contribution in [3.63, 3.8) is 0 Å². The summed E-state index contributed by atoms with van der Waals surface area (Å²) in [7, 11) is 0. The Morgan fingerprint density at radius 3 is 2.71 bits per heavy atom. The van der Waals surface area contributed by atoms with E-state index in [2.05, 4.69) is 21.2 Å². The third-order valence-electron chi connectivity index (χ3n) is 2.50. The molecule has 0 fully saturated rings. The number of halogens is 1. The van der Waals surface area contributed by atoms with E-state index < -0.39 is 0 Å². The summed E-state index contributed by atoms with van der Waals surface area (Å²) in [5, 5.41) is 2.92. The number of rotatable bonds is 3. The van der Waals surface area contributed by atoms with Crippen molar-refractivity contribution in [3.8, 4) is 0 Å². The summed E-state index contributed by atoms with van der Waals surface area (Å²) in [5.74, 6) is -0.0241. The van der Waals surface area contributed by atoms with Gasteiger partial charge in [-0.2, -0.15) is 0 Å². The highest BCUT2D eigenvalue weighted by Crippen LogP contribution is 2.21. The lowest BCUT2D eigenvalue weighted by atomic mass is 10.1. The minimum atomic E-state index is -0.0241. The van der Waals surface area contributed by atoms with E-state index in [1.807, 2.05) is 43.3 Å². The van der Waals surface area contributed by atoms with Gasteiger partial charge in [0.05, 0.1) is 8.66 Å². The van der Waals surface area contributed by atoms with Crippen molar-refractivity contribution in [3.05, 3.63) is 56.2 Å². The Morgan fingerprint density at radius 1 is 1.29 bits per heavy atom. The average Bonchev–Trinajstić information content (AvgIpc) is 2.74. The van der Waals surface area contributed by atoms with Crippen LogP contribution < -0.4 is 5.32 Å². The van der Waals surface area contributed by atoms with E-state index >= 15 is 0 Å². The van der Waals surface area contributed by atoms with Crippen molar-refractivity contribution in [1.82, 2.24) is 5.32 Å². The lowest BCUT2D eigenvalue weighted by molar-refractivity contribution is 0.0955. The quantitative estimate of drug-likeness (QED) is 0.919. The fraction of sp³-hybridized carbons (Fsp3) is 0.154. The molecule has 88 valence electrons. The third-order valence-corrected chi connectivity index (χ3v) is 4.12. The molecule has 1 aromatic heterocycles. The van der Waals surface area contributed by atoms with Crippen LogP contribution in [0.4, 0.5) is 0 Å². The van der Waals surface area contributed by atoms with Gasteiger partial charge in [-0.1, -0.05) is 24.3 Å². The molecule has 0 saturated carbocycles. The van der Waals surface area contributed by atoms with E-state index in [9.17, 15) is 4.79 Å². The second-order valence-electron chi connectivity index (χ2n) is 3.71. The van der Waals surface area contributed by atoms with Gasteiger partial charge in [0.25, 0.3) is 5.91 Å². The van der Waals surface area contributed by atoms with E-state index in [1.165, 1.54) is 16.9 Å². The highest BCUT2D eigenvalue weighted by Gasteiger charge is 2.08. The first-order valence-corrected chi connectivity index (χ1v) is 6.86. The molecule has 0 aliphatic heterocycles. The van der Waals surface area contributed by atoms with Crippen molar-refractivity contribution in [2.75, 3.05) is 0 Å². The van der Waals surface area contributed by atoms with E-state index in [4.69, 9.17) is 0 Å². The fourth-order valence-electron chi connectivity index (χ4n) is 1.51. The molecule has 0 bridgehead atoms. The molecule has 0 saturated heterocycles. The van der Waals surface area contributed by atoms with Gasteiger partial charge in [-0.15, -0.1) is 11.3 Å². The smallest absolute Gasteiger partial charge is 0.261 e. The number of nitrogens with one attached hydrogen (secondary N) is 1. The zero-order valence-corrected chi connectivity index (χ0v) is 11.8. The maximum absolute atomic E-state index is 11.8. The van der Waals surface area contributed by atoms with Gasteiger partial charge in [0.15, 0.2) is 0 Å². The summed E-state index contributed by atoms with van der Waals surface area (Å²) in [4.78, 5) is 12.5. The first-order valence-electron chi connectivity index (χ1n) is 5.25. The van der Waals surface area contributed by atoms with Gasteiger partial charge < -0.3 is 5.32 Å². The van der Waals surface area contributed by atoms with E-state index in [1.54, 1.807) is 0 Å². The molecular formula is C13H12BrNOS. The largest absolute Gasteiger partial charge is 0.347 e. The van der Waals surface area contributed by atoms with Gasteiger partial charge in [0.2, 0.25) is 0 Å². The molecule has 4 heteroatoms. The second kappa shape index (κ2) is 5.47. The molecule has 1 aromatic carbocycles. The number of amides is 1. The van der Waals surface area contributed by atoms with Crippen LogP contribution in [0.2, 0.25) is 0 Å². The van der Waals surface area contributed by atoms with Gasteiger partial charge in [0, 0.05) is 6.54 Å². The van der Waals surface area contributed by atoms with Crippen molar-refractivity contribution in [1.29, 1.82) is 0 Å². The number of benzene rings is 1. The molecule has 0 radical (unpaired) electrons. The molecule has 17 heavy (non-hydrogen) atoms. The van der Waals surface area contributed by atoms with E-state index in [-0.39, 0.29) is 5.91 Å². The predicted octanol–water partition coefficient (Wildman–Crippen LogP) is 3.75. The number of hydrogen-bond donors (Lipinski definition) is 1. The zero-order valence-electron chi connectivity index (χ0n) is 9.37. The standard InChI is InChI=1S/C13H12BrNOS/c1-9-4-2-3-5-10(9)8-15-13(16)11-6-7-12(14)17-11/h2-7H,8H2,1H3,(H,15,16). The number of aryl methyl sites for hydroxylation is 1. The number of carbonyl (C=O) groups excluding carboxylic acids is 1. The van der Waals surface area contributed by atoms with Gasteiger partial charge in [-0.05, 0) is 46.1 Å². The van der Waals surface area contributed by atoms with E-state index in [0.29, 0.717) is 6.54 Å². The highest BCUT2D eigenvalue weighted by atomic mass is 79.9. The Kier molecular flexibility index (Phi) is 3.97. The van der Waals surface area contributed by atoms with Gasteiger partial charge >= 0.3 is 0 Å². The Hall–Kier alpha value is -1.13. The van der Waals surface area contributed by atoms with E-state index in [0.717, 1.165) is 14.2 Å². The Morgan fingerprint density at radius 2 is 2.06 bits per heavy atom. The molecule has 0 atom stereocenters. The van der Waals surface area contributed by atoms with Crippen LogP contribution in [0.15, 0.2) is 40.2 Å². The topological polar surface area (TPSA) is 29.1 Å². The average molecular weight is 310 g/mol. The molecular weight excluding hydrogens is 298 g/mol. The number of hydrogen-bond acceptors (Lipinski definition) is 2. The van der Waals surface area contributed by atoms with Crippen molar-refractivity contribution in [2.24, 2.45) is 0 Å². The third kappa shape index (κ3) is 3.17. The molecule has 0 spiro atoms. The van der Waals surface area contributed by atoms with Crippen LogP contribution in [-0.2, 0) is 6.54 Å². The van der Waals surface area contributed by atoms with Crippen molar-refractivity contribution >= 4 is 33.2 Å². The van der Waals surface area contributed by atoms with Gasteiger partial charge in [-0.3, -0.25) is 4.79 Å². The van der Waals surface area contributed by atoms with Crippen LogP contribution in [0.5, 0.6) is 0 Å². The van der Waals surface area contributed by atoms with Crippen LogP contribution in [0, 0.1) is 6.92 Å². The minimum absolute atomic E-state index is 0.0241. The number of carbonyl (C=O) groups is 1. The van der Waals surface area contributed by atoms with Crippen LogP contribution in [-0.4, -0.2) is 5.91 Å². The molecule has 0 unspecified atom stereocenters. The summed E-state index contributed by atoms with van der Waals surface area (Å²) >= 11 is 4.79. The minimum Gasteiger partial charge on any atom is -0.347 e. The second-order valence-corrected chi connectivity index (χ2v) is 6.18. The Balaban J connectivity index is 1.99. The SMILES string of the molecule is Cc1ccccc1CNC(=O)c1ccc(Br)s1. The van der Waals surface area contributed by atoms with Crippen molar-refractivity contribution < 1.29 is 4.79 Å². The molecule has 0 aliphatic rings. The van der Waals surface area contributed by atoms with Crippen LogP contribution in [0.1, 0.15) is 20.8 Å². The van der Waals surface area contributed by atoms with Crippen molar-refractivity contribution in [2.45, 2.75) is 13.5 Å². The van der Waals surface area contributed by atoms with Crippen LogP contribution in [0.25, 0.3) is 0 Å². The van der Waals surface area contributed by atoms with Crippen LogP contribution >= 0.6 is 27.3 Å². The lowest BCUT2D eigenvalue weighted by Gasteiger charge is -2.06. The van der Waals surface area contributed by atoms with Gasteiger partial charge in [0.1, 0.15) is 0 Å². The summed E-state index contributed by atoms with van der Waals surface area (Å²) in [6.07, 6.45) is 0. The maximum atomic E-state index is 11.8. The Bertz CT molecular complexity index is 536. The van der Waals surface area contributed by atoms with Gasteiger partial charge in [-0.25, -0.2) is 0 Å². The molecule has 1 heterocycles. The summed E-state index contributed by atoms with van der Waals surface area (Å²) < 4.78 is 0.971. The molecule has 2 aromatic rings. The summed E-state index contributed by atoms with van der Waals surface area (Å²) in [6, 6.07) is 11.8. The molecule has 1 N–H and O–H groups in total. The van der Waals surface area contributed by atoms with Crippen LogP contribution in [0.3, 0.4) is 0 Å². The maximum Gasteiger partial charge on any atom is 0.261 e. The number of thiophene rings is 1. The Labute approximate surface area is 113 Å². The molecule has 0 aliphatic carbocycles. The molecule has 2 nitrogen and oxygen atoms in total. The molecule has 1 amide bonds. The first kappa shape index (κ1) is 12.3. The highest BCUT2D eigenvalue weighted by molar-refractivity contribution is 9.11. The zero-order chi connectivity index (χ0) is 12.3. The first-order chi connectivity index (χ1) is 8.16. The normalized spacial score (nSPS) is 10.2. The monoisotopic (exact) mass is 309 g/mol. The molecule has 2 rings (SSSR count).